The molecular formula is C9H17N3O4. The Morgan fingerprint density at radius 1 is 1.56 bits per heavy atom. The molecule has 0 aromatic rings. The zero-order chi connectivity index (χ0) is 12.6. The highest BCUT2D eigenvalue weighted by Crippen LogP contribution is 2.21. The topological polar surface area (TPSA) is 98.7 Å². The Morgan fingerprint density at radius 2 is 2.06 bits per heavy atom. The third kappa shape index (κ3) is 3.34. The van der Waals surface area contributed by atoms with E-state index in [1.54, 1.807) is 20.8 Å². The molecule has 1 fully saturated rings. The van der Waals surface area contributed by atoms with Crippen molar-refractivity contribution in [2.75, 3.05) is 19.6 Å². The summed E-state index contributed by atoms with van der Waals surface area (Å²) in [6, 6.07) is 0. The van der Waals surface area contributed by atoms with Crippen molar-refractivity contribution in [3.8, 4) is 0 Å². The average molecular weight is 231 g/mol. The minimum atomic E-state index is -0.902. The van der Waals surface area contributed by atoms with Crippen LogP contribution in [0, 0.1) is 10.1 Å². The summed E-state index contributed by atoms with van der Waals surface area (Å²) in [6.45, 7) is 5.30. The van der Waals surface area contributed by atoms with Crippen molar-refractivity contribution in [2.45, 2.75) is 31.9 Å². The van der Waals surface area contributed by atoms with Crippen molar-refractivity contribution in [3.63, 3.8) is 0 Å². The predicted octanol–water partition coefficient (Wildman–Crippen LogP) is 0.211. The molecule has 0 spiro atoms. The normalized spacial score (nSPS) is 18.9. The van der Waals surface area contributed by atoms with E-state index in [4.69, 9.17) is 10.5 Å². The second kappa shape index (κ2) is 3.89. The number of likely N-dealkylation sites (tertiary alicyclic amines) is 1. The summed E-state index contributed by atoms with van der Waals surface area (Å²) in [4.78, 5) is 22.7. The largest absolute Gasteiger partial charge is 0.444 e. The summed E-state index contributed by atoms with van der Waals surface area (Å²) in [6.07, 6.45) is -0.475. The first kappa shape index (κ1) is 12.7. The first-order valence-corrected chi connectivity index (χ1v) is 5.00. The number of nitrogens with two attached hydrogens (primary N) is 1. The van der Waals surface area contributed by atoms with Crippen LogP contribution in [-0.4, -0.2) is 46.7 Å². The summed E-state index contributed by atoms with van der Waals surface area (Å²) in [7, 11) is 0. The Morgan fingerprint density at radius 3 is 2.44 bits per heavy atom. The van der Waals surface area contributed by atoms with Crippen LogP contribution in [0.15, 0.2) is 0 Å². The molecule has 7 heteroatoms. The van der Waals surface area contributed by atoms with Gasteiger partial charge in [-0.1, -0.05) is 0 Å². The Hall–Kier alpha value is -1.37. The van der Waals surface area contributed by atoms with E-state index in [2.05, 4.69) is 0 Å². The van der Waals surface area contributed by atoms with Crippen molar-refractivity contribution in [1.29, 1.82) is 0 Å². The number of ether oxygens (including phenoxy) is 1. The number of hydrogen-bond acceptors (Lipinski definition) is 5. The van der Waals surface area contributed by atoms with Gasteiger partial charge in [-0.25, -0.2) is 4.79 Å². The maximum Gasteiger partial charge on any atom is 0.410 e. The molecule has 0 radical (unpaired) electrons. The molecule has 0 bridgehead atoms. The SMILES string of the molecule is CC(C)(C)OC(=O)N1CC(N)(C[N+](=O)[O-])C1. The molecule has 0 aromatic carbocycles. The molecule has 1 saturated heterocycles. The third-order valence-electron chi connectivity index (χ3n) is 2.11. The quantitative estimate of drug-likeness (QED) is 0.541. The Bertz CT molecular complexity index is 304. The molecule has 0 saturated carbocycles. The van der Waals surface area contributed by atoms with Gasteiger partial charge < -0.3 is 15.4 Å². The van der Waals surface area contributed by atoms with Crippen LogP contribution >= 0.6 is 0 Å². The van der Waals surface area contributed by atoms with Crippen LogP contribution in [0.3, 0.4) is 0 Å². The van der Waals surface area contributed by atoms with Gasteiger partial charge in [0, 0.05) is 4.92 Å². The number of nitro groups is 1. The van der Waals surface area contributed by atoms with E-state index < -0.39 is 22.2 Å². The maximum atomic E-state index is 11.5. The predicted molar refractivity (Wildman–Crippen MR) is 56.6 cm³/mol. The maximum absolute atomic E-state index is 11.5. The highest BCUT2D eigenvalue weighted by atomic mass is 16.6. The van der Waals surface area contributed by atoms with Gasteiger partial charge in [0.25, 0.3) is 0 Å². The van der Waals surface area contributed by atoms with Gasteiger partial charge in [0.1, 0.15) is 11.1 Å². The number of hydrogen-bond donors (Lipinski definition) is 1. The molecule has 1 aliphatic rings. The molecule has 1 amide bonds. The minimum absolute atomic E-state index is 0.170. The lowest BCUT2D eigenvalue weighted by molar-refractivity contribution is -0.492. The van der Waals surface area contributed by atoms with Crippen LogP contribution in [0.2, 0.25) is 0 Å². The first-order valence-electron chi connectivity index (χ1n) is 5.00. The zero-order valence-electron chi connectivity index (χ0n) is 9.73. The zero-order valence-corrected chi connectivity index (χ0v) is 9.73. The van der Waals surface area contributed by atoms with Gasteiger partial charge in [-0.3, -0.25) is 10.1 Å². The summed E-state index contributed by atoms with van der Waals surface area (Å²) in [5, 5.41) is 10.3. The second-order valence-corrected chi connectivity index (χ2v) is 5.19. The Labute approximate surface area is 93.7 Å². The summed E-state index contributed by atoms with van der Waals surface area (Å²) < 4.78 is 5.10. The monoisotopic (exact) mass is 231 g/mol. The first-order chi connectivity index (χ1) is 7.11. The molecule has 0 atom stereocenters. The highest BCUT2D eigenvalue weighted by Gasteiger charge is 2.47. The van der Waals surface area contributed by atoms with E-state index in [9.17, 15) is 14.9 Å². The standard InChI is InChI=1S/C9H17N3O4/c1-8(2,3)16-7(13)11-4-9(10,5-11)6-12(14)15/h4-6,10H2,1-3H3. The molecular weight excluding hydrogens is 214 g/mol. The molecule has 1 heterocycles. The third-order valence-corrected chi connectivity index (χ3v) is 2.11. The van der Waals surface area contributed by atoms with Gasteiger partial charge in [-0.2, -0.15) is 0 Å². The molecule has 1 rings (SSSR count). The van der Waals surface area contributed by atoms with Gasteiger partial charge in [-0.15, -0.1) is 0 Å². The van der Waals surface area contributed by atoms with Crippen molar-refractivity contribution in [3.05, 3.63) is 10.1 Å². The van der Waals surface area contributed by atoms with Crippen LogP contribution in [0.25, 0.3) is 0 Å². The number of rotatable bonds is 2. The fraction of sp³-hybridized carbons (Fsp3) is 0.889. The second-order valence-electron chi connectivity index (χ2n) is 5.19. The van der Waals surface area contributed by atoms with Crippen molar-refractivity contribution in [2.24, 2.45) is 5.73 Å². The highest BCUT2D eigenvalue weighted by molar-refractivity contribution is 5.69. The Balaban J connectivity index is 2.41. The lowest BCUT2D eigenvalue weighted by Crippen LogP contribution is -2.71. The van der Waals surface area contributed by atoms with Gasteiger partial charge in [0.15, 0.2) is 0 Å². The average Bonchev–Trinajstić information content (AvgIpc) is 1.94. The number of carbonyl (C=O) groups excluding carboxylic acids is 1. The molecule has 2 N–H and O–H groups in total. The van der Waals surface area contributed by atoms with Crippen molar-refractivity contribution < 1.29 is 14.5 Å². The number of carbonyl (C=O) groups is 1. The van der Waals surface area contributed by atoms with E-state index in [0.717, 1.165) is 0 Å². The van der Waals surface area contributed by atoms with Crippen LogP contribution in [0.1, 0.15) is 20.8 Å². The molecule has 0 aromatic heterocycles. The van der Waals surface area contributed by atoms with Crippen LogP contribution in [-0.2, 0) is 4.74 Å². The van der Waals surface area contributed by atoms with E-state index in [1.165, 1.54) is 4.90 Å². The summed E-state index contributed by atoms with van der Waals surface area (Å²) in [5.41, 5.74) is 4.24. The van der Waals surface area contributed by atoms with E-state index in [-0.39, 0.29) is 19.6 Å². The summed E-state index contributed by atoms with van der Waals surface area (Å²) >= 11 is 0. The lowest BCUT2D eigenvalue weighted by atomic mass is 9.92. The molecule has 92 valence electrons. The molecule has 7 nitrogen and oxygen atoms in total. The number of amides is 1. The fourth-order valence-corrected chi connectivity index (χ4v) is 1.53. The minimum Gasteiger partial charge on any atom is -0.444 e. The van der Waals surface area contributed by atoms with E-state index in [0.29, 0.717) is 0 Å². The van der Waals surface area contributed by atoms with Gasteiger partial charge in [-0.05, 0) is 20.8 Å². The lowest BCUT2D eigenvalue weighted by Gasteiger charge is -2.44. The number of nitrogens with zero attached hydrogens (tertiary/aromatic N) is 2. The van der Waals surface area contributed by atoms with Crippen LogP contribution < -0.4 is 5.73 Å². The molecule has 0 aliphatic carbocycles. The van der Waals surface area contributed by atoms with Gasteiger partial charge in [0.2, 0.25) is 6.54 Å². The van der Waals surface area contributed by atoms with Crippen LogP contribution in [0.5, 0.6) is 0 Å². The molecule has 0 unspecified atom stereocenters. The van der Waals surface area contributed by atoms with Gasteiger partial charge >= 0.3 is 6.09 Å². The van der Waals surface area contributed by atoms with E-state index >= 15 is 0 Å². The fourth-order valence-electron chi connectivity index (χ4n) is 1.53. The smallest absolute Gasteiger partial charge is 0.410 e. The van der Waals surface area contributed by atoms with Gasteiger partial charge in [0.05, 0.1) is 13.1 Å². The molecule has 16 heavy (non-hydrogen) atoms. The molecule has 1 aliphatic heterocycles. The van der Waals surface area contributed by atoms with Crippen molar-refractivity contribution >= 4 is 6.09 Å². The van der Waals surface area contributed by atoms with E-state index in [1.807, 2.05) is 0 Å². The summed E-state index contributed by atoms with van der Waals surface area (Å²) in [5.74, 6) is 0. The van der Waals surface area contributed by atoms with Crippen molar-refractivity contribution in [1.82, 2.24) is 4.90 Å². The Kier molecular flexibility index (Phi) is 3.09. The van der Waals surface area contributed by atoms with Crippen LogP contribution in [0.4, 0.5) is 4.79 Å².